The Hall–Kier alpha value is -2.44. The molecule has 30 heavy (non-hydrogen) atoms. The first kappa shape index (κ1) is 22.2. The largest absolute Gasteiger partial charge is 0.483 e. The van der Waals surface area contributed by atoms with Crippen molar-refractivity contribution in [3.8, 4) is 5.75 Å². The lowest BCUT2D eigenvalue weighted by Gasteiger charge is -2.35. The number of carbonyl (C=O) groups excluding carboxylic acids is 1. The van der Waals surface area contributed by atoms with Gasteiger partial charge < -0.3 is 14.8 Å². The van der Waals surface area contributed by atoms with Crippen molar-refractivity contribution in [2.45, 2.75) is 32.7 Å². The Morgan fingerprint density at radius 1 is 1.17 bits per heavy atom. The van der Waals surface area contributed by atoms with Crippen molar-refractivity contribution in [1.29, 1.82) is 0 Å². The van der Waals surface area contributed by atoms with Crippen LogP contribution in [-0.4, -0.2) is 50.3 Å². The molecular weight excluding hydrogens is 383 g/mol. The first-order valence-corrected chi connectivity index (χ1v) is 10.5. The molecule has 0 radical (unpaired) electrons. The van der Waals surface area contributed by atoms with E-state index in [1.54, 1.807) is 12.1 Å². The van der Waals surface area contributed by atoms with Gasteiger partial charge in [0.1, 0.15) is 11.6 Å². The monoisotopic (exact) mass is 414 g/mol. The number of halogens is 1. The maximum Gasteiger partial charge on any atom is 0.258 e. The first-order chi connectivity index (χ1) is 14.4. The molecule has 3 rings (SSSR count). The fraction of sp³-hybridized carbons (Fsp3) is 0.458. The van der Waals surface area contributed by atoms with Gasteiger partial charge in [-0.15, -0.1) is 0 Å². The second-order valence-electron chi connectivity index (χ2n) is 8.00. The van der Waals surface area contributed by atoms with Crippen LogP contribution in [0.3, 0.4) is 0 Å². The number of ether oxygens (including phenoxy) is 2. The molecule has 0 aliphatic carbocycles. The summed E-state index contributed by atoms with van der Waals surface area (Å²) >= 11 is 0. The minimum absolute atomic E-state index is 0.0383. The number of benzene rings is 2. The summed E-state index contributed by atoms with van der Waals surface area (Å²) in [5, 5.41) is 2.99. The predicted molar refractivity (Wildman–Crippen MR) is 115 cm³/mol. The number of morpholine rings is 1. The lowest BCUT2D eigenvalue weighted by Crippen LogP contribution is -2.44. The van der Waals surface area contributed by atoms with Gasteiger partial charge in [-0.05, 0) is 47.7 Å². The van der Waals surface area contributed by atoms with Crippen molar-refractivity contribution in [2.24, 2.45) is 0 Å². The van der Waals surface area contributed by atoms with Crippen molar-refractivity contribution >= 4 is 5.91 Å². The van der Waals surface area contributed by atoms with Gasteiger partial charge in [0, 0.05) is 19.6 Å². The molecule has 1 N–H and O–H groups in total. The fourth-order valence-electron chi connectivity index (χ4n) is 3.68. The van der Waals surface area contributed by atoms with Crippen molar-refractivity contribution in [1.82, 2.24) is 10.2 Å². The number of hydrogen-bond donors (Lipinski definition) is 1. The van der Waals surface area contributed by atoms with E-state index in [1.165, 1.54) is 12.1 Å². The Bertz CT molecular complexity index is 833. The second-order valence-corrected chi connectivity index (χ2v) is 8.00. The van der Waals surface area contributed by atoms with Crippen LogP contribution in [0, 0.1) is 12.7 Å². The maximum atomic E-state index is 13.4. The Morgan fingerprint density at radius 3 is 2.53 bits per heavy atom. The number of nitrogens with one attached hydrogen (secondary N) is 1. The molecule has 1 aliphatic heterocycles. The third-order valence-corrected chi connectivity index (χ3v) is 5.38. The first-order valence-electron chi connectivity index (χ1n) is 10.5. The Morgan fingerprint density at radius 2 is 1.87 bits per heavy atom. The smallest absolute Gasteiger partial charge is 0.258 e. The fourth-order valence-corrected chi connectivity index (χ4v) is 3.68. The van der Waals surface area contributed by atoms with Gasteiger partial charge in [-0.25, -0.2) is 4.39 Å². The van der Waals surface area contributed by atoms with E-state index in [4.69, 9.17) is 9.47 Å². The highest BCUT2D eigenvalue weighted by Crippen LogP contribution is 2.27. The van der Waals surface area contributed by atoms with E-state index >= 15 is 0 Å². The molecule has 2 aromatic rings. The summed E-state index contributed by atoms with van der Waals surface area (Å²) in [6.07, 6.45) is 0. The molecule has 0 saturated carbocycles. The molecule has 1 fully saturated rings. The van der Waals surface area contributed by atoms with E-state index < -0.39 is 0 Å². The number of aryl methyl sites for hydroxylation is 1. The highest BCUT2D eigenvalue weighted by molar-refractivity contribution is 5.77. The number of hydrogen-bond acceptors (Lipinski definition) is 4. The minimum Gasteiger partial charge on any atom is -0.483 e. The van der Waals surface area contributed by atoms with E-state index in [1.807, 2.05) is 13.0 Å². The molecule has 5 nitrogen and oxygen atoms in total. The van der Waals surface area contributed by atoms with Crippen molar-refractivity contribution in [2.75, 3.05) is 39.5 Å². The minimum atomic E-state index is -0.268. The van der Waals surface area contributed by atoms with Crippen LogP contribution >= 0.6 is 0 Å². The van der Waals surface area contributed by atoms with E-state index in [2.05, 4.69) is 36.2 Å². The summed E-state index contributed by atoms with van der Waals surface area (Å²) in [6.45, 7) is 9.46. The zero-order valence-electron chi connectivity index (χ0n) is 18.0. The second kappa shape index (κ2) is 10.5. The average molecular weight is 415 g/mol. The predicted octanol–water partition coefficient (Wildman–Crippen LogP) is 3.83. The zero-order chi connectivity index (χ0) is 21.5. The number of amides is 1. The Labute approximate surface area is 178 Å². The highest BCUT2D eigenvalue weighted by atomic mass is 19.1. The normalized spacial score (nSPS) is 15.8. The van der Waals surface area contributed by atoms with Gasteiger partial charge in [-0.3, -0.25) is 9.69 Å². The Balaban J connectivity index is 1.62. The van der Waals surface area contributed by atoms with E-state index in [0.717, 1.165) is 35.5 Å². The summed E-state index contributed by atoms with van der Waals surface area (Å²) in [7, 11) is 0. The summed E-state index contributed by atoms with van der Waals surface area (Å²) in [5.41, 5.74) is 3.16. The molecular formula is C24H31FN2O3. The van der Waals surface area contributed by atoms with E-state index in [9.17, 15) is 9.18 Å². The van der Waals surface area contributed by atoms with Crippen LogP contribution in [0.5, 0.6) is 5.75 Å². The molecule has 1 atom stereocenters. The molecule has 0 bridgehead atoms. The van der Waals surface area contributed by atoms with E-state index in [-0.39, 0.29) is 24.4 Å². The quantitative estimate of drug-likeness (QED) is 0.713. The molecule has 0 aromatic heterocycles. The van der Waals surface area contributed by atoms with Crippen molar-refractivity contribution in [3.05, 3.63) is 65.0 Å². The van der Waals surface area contributed by atoms with Crippen molar-refractivity contribution < 1.29 is 18.7 Å². The van der Waals surface area contributed by atoms with Crippen LogP contribution in [0.2, 0.25) is 0 Å². The molecule has 1 unspecified atom stereocenters. The molecule has 1 amide bonds. The molecule has 1 heterocycles. The summed E-state index contributed by atoms with van der Waals surface area (Å²) in [4.78, 5) is 14.8. The molecule has 0 spiro atoms. The van der Waals surface area contributed by atoms with Gasteiger partial charge in [0.15, 0.2) is 6.61 Å². The maximum absolute atomic E-state index is 13.4. The molecule has 162 valence electrons. The van der Waals surface area contributed by atoms with Crippen LogP contribution in [-0.2, 0) is 9.53 Å². The van der Waals surface area contributed by atoms with Gasteiger partial charge >= 0.3 is 0 Å². The van der Waals surface area contributed by atoms with Crippen LogP contribution in [0.15, 0.2) is 42.5 Å². The SMILES string of the molecule is Cc1ccc(C(C)C)c(OCC(=O)NCC(c2ccc(F)cc2)N2CCOCC2)c1. The van der Waals surface area contributed by atoms with E-state index in [0.29, 0.717) is 25.7 Å². The molecule has 1 aliphatic rings. The molecule has 2 aromatic carbocycles. The van der Waals surface area contributed by atoms with Gasteiger partial charge in [0.05, 0.1) is 19.3 Å². The van der Waals surface area contributed by atoms with Gasteiger partial charge in [0.25, 0.3) is 5.91 Å². The van der Waals surface area contributed by atoms with Crippen molar-refractivity contribution in [3.63, 3.8) is 0 Å². The molecule has 1 saturated heterocycles. The summed E-state index contributed by atoms with van der Waals surface area (Å²) in [6, 6.07) is 12.5. The third-order valence-electron chi connectivity index (χ3n) is 5.38. The van der Waals surface area contributed by atoms with Crippen LogP contribution in [0.1, 0.15) is 42.5 Å². The number of carbonyl (C=O) groups is 1. The van der Waals surface area contributed by atoms with Crippen LogP contribution < -0.4 is 10.1 Å². The topological polar surface area (TPSA) is 50.8 Å². The lowest BCUT2D eigenvalue weighted by atomic mass is 10.0. The zero-order valence-corrected chi connectivity index (χ0v) is 18.0. The summed E-state index contributed by atoms with van der Waals surface area (Å²) < 4.78 is 24.7. The average Bonchev–Trinajstić information content (AvgIpc) is 2.74. The molecule has 6 heteroatoms. The highest BCUT2D eigenvalue weighted by Gasteiger charge is 2.23. The summed E-state index contributed by atoms with van der Waals surface area (Å²) in [5.74, 6) is 0.624. The van der Waals surface area contributed by atoms with Gasteiger partial charge in [-0.2, -0.15) is 0 Å². The number of nitrogens with zero attached hydrogens (tertiary/aromatic N) is 1. The third kappa shape index (κ3) is 6.03. The van der Waals surface area contributed by atoms with Gasteiger partial charge in [0.2, 0.25) is 0 Å². The number of rotatable bonds is 8. The van der Waals surface area contributed by atoms with Gasteiger partial charge in [-0.1, -0.05) is 38.1 Å². The van der Waals surface area contributed by atoms with Crippen LogP contribution in [0.25, 0.3) is 0 Å². The van der Waals surface area contributed by atoms with Crippen LogP contribution in [0.4, 0.5) is 4.39 Å². The Kier molecular flexibility index (Phi) is 7.82. The standard InChI is InChI=1S/C24H31FN2O3/c1-17(2)21-9-4-18(3)14-23(21)30-16-24(28)26-15-22(27-10-12-29-13-11-27)19-5-7-20(25)8-6-19/h4-9,14,17,22H,10-13,15-16H2,1-3H3,(H,26,28). The lowest BCUT2D eigenvalue weighted by molar-refractivity contribution is -0.123.